The number of nitrogens with zero attached hydrogens (tertiary/aromatic N) is 2. The van der Waals surface area contributed by atoms with E-state index in [0.29, 0.717) is 22.9 Å². The molecule has 3 nitrogen and oxygen atoms in total. The van der Waals surface area contributed by atoms with Crippen molar-refractivity contribution in [1.29, 1.82) is 5.26 Å². The van der Waals surface area contributed by atoms with Gasteiger partial charge in [0, 0.05) is 12.3 Å². The predicted octanol–water partition coefficient (Wildman–Crippen LogP) is 3.19. The van der Waals surface area contributed by atoms with E-state index >= 15 is 0 Å². The van der Waals surface area contributed by atoms with Crippen LogP contribution in [0.2, 0.25) is 5.02 Å². The van der Waals surface area contributed by atoms with Gasteiger partial charge in [0.15, 0.2) is 0 Å². The van der Waals surface area contributed by atoms with Gasteiger partial charge < -0.3 is 4.74 Å². The minimum absolute atomic E-state index is 0.424. The van der Waals surface area contributed by atoms with Crippen molar-refractivity contribution in [3.8, 4) is 11.8 Å². The summed E-state index contributed by atoms with van der Waals surface area (Å²) in [5, 5.41) is 9.21. The third-order valence-corrected chi connectivity index (χ3v) is 2.38. The Bertz CT molecular complexity index is 546. The molecule has 0 radical (unpaired) electrons. The summed E-state index contributed by atoms with van der Waals surface area (Å²) in [6.07, 6.45) is 3.16. The Balaban J connectivity index is 2.00. The molecule has 1 aromatic carbocycles. The fraction of sp³-hybridized carbons (Fsp3) is 0.0769. The molecule has 0 atom stereocenters. The molecule has 17 heavy (non-hydrogen) atoms. The quantitative estimate of drug-likeness (QED) is 0.833. The van der Waals surface area contributed by atoms with Gasteiger partial charge in [0.25, 0.3) is 0 Å². The summed E-state index contributed by atoms with van der Waals surface area (Å²) in [5.74, 6) is 0.627. The SMILES string of the molecule is N#Cc1ccc(COc2cncc(Cl)c2)cc1. The number of hydrogen-bond donors (Lipinski definition) is 0. The maximum Gasteiger partial charge on any atom is 0.139 e. The Morgan fingerprint density at radius 1 is 1.24 bits per heavy atom. The van der Waals surface area contributed by atoms with Crippen LogP contribution in [0.4, 0.5) is 0 Å². The van der Waals surface area contributed by atoms with Gasteiger partial charge in [0.05, 0.1) is 22.9 Å². The Labute approximate surface area is 104 Å². The first-order chi connectivity index (χ1) is 8.28. The van der Waals surface area contributed by atoms with E-state index < -0.39 is 0 Å². The van der Waals surface area contributed by atoms with Crippen LogP contribution in [0.25, 0.3) is 0 Å². The van der Waals surface area contributed by atoms with Crippen molar-refractivity contribution in [3.05, 3.63) is 58.9 Å². The Morgan fingerprint density at radius 3 is 2.65 bits per heavy atom. The lowest BCUT2D eigenvalue weighted by atomic mass is 10.2. The molecule has 4 heteroatoms. The lowest BCUT2D eigenvalue weighted by molar-refractivity contribution is 0.305. The summed E-state index contributed by atoms with van der Waals surface area (Å²) in [6.45, 7) is 0.424. The largest absolute Gasteiger partial charge is 0.487 e. The molecule has 0 aliphatic rings. The summed E-state index contributed by atoms with van der Waals surface area (Å²) in [5.41, 5.74) is 1.63. The van der Waals surface area contributed by atoms with E-state index in [-0.39, 0.29) is 0 Å². The van der Waals surface area contributed by atoms with Crippen LogP contribution in [-0.4, -0.2) is 4.98 Å². The molecule has 0 fully saturated rings. The van der Waals surface area contributed by atoms with Gasteiger partial charge in [-0.15, -0.1) is 0 Å². The highest BCUT2D eigenvalue weighted by molar-refractivity contribution is 6.30. The Morgan fingerprint density at radius 2 is 2.00 bits per heavy atom. The molecule has 1 heterocycles. The summed E-state index contributed by atoms with van der Waals surface area (Å²) < 4.78 is 5.52. The number of ether oxygens (including phenoxy) is 1. The molecule has 0 bridgehead atoms. The van der Waals surface area contributed by atoms with Crippen molar-refractivity contribution in [2.75, 3.05) is 0 Å². The molecular weight excluding hydrogens is 236 g/mol. The zero-order chi connectivity index (χ0) is 12.1. The van der Waals surface area contributed by atoms with E-state index in [1.54, 1.807) is 30.6 Å². The number of aromatic nitrogens is 1. The maximum absolute atomic E-state index is 8.66. The van der Waals surface area contributed by atoms with E-state index in [9.17, 15) is 0 Å². The normalized spacial score (nSPS) is 9.65. The van der Waals surface area contributed by atoms with Gasteiger partial charge in [-0.3, -0.25) is 4.98 Å². The van der Waals surface area contributed by atoms with Crippen LogP contribution in [0.3, 0.4) is 0 Å². The van der Waals surface area contributed by atoms with Gasteiger partial charge in [-0.25, -0.2) is 0 Å². The first kappa shape index (κ1) is 11.4. The first-order valence-corrected chi connectivity index (χ1v) is 5.38. The second kappa shape index (κ2) is 5.33. The van der Waals surface area contributed by atoms with Gasteiger partial charge >= 0.3 is 0 Å². The topological polar surface area (TPSA) is 45.9 Å². The van der Waals surface area contributed by atoms with E-state index in [2.05, 4.69) is 11.1 Å². The number of hydrogen-bond acceptors (Lipinski definition) is 3. The van der Waals surface area contributed by atoms with Crippen LogP contribution >= 0.6 is 11.6 Å². The molecule has 2 rings (SSSR count). The molecule has 1 aromatic heterocycles. The van der Waals surface area contributed by atoms with Crippen LogP contribution in [0.15, 0.2) is 42.7 Å². The second-order valence-corrected chi connectivity index (χ2v) is 3.87. The number of rotatable bonds is 3. The number of nitriles is 1. The Kier molecular flexibility index (Phi) is 3.59. The highest BCUT2D eigenvalue weighted by Crippen LogP contribution is 2.16. The molecular formula is C13H9ClN2O. The molecule has 0 amide bonds. The summed E-state index contributed by atoms with van der Waals surface area (Å²) >= 11 is 5.79. The first-order valence-electron chi connectivity index (χ1n) is 5.00. The molecule has 0 N–H and O–H groups in total. The molecule has 0 aliphatic carbocycles. The van der Waals surface area contributed by atoms with Crippen LogP contribution in [-0.2, 0) is 6.61 Å². The standard InChI is InChI=1S/C13H9ClN2O/c14-12-5-13(8-16-7-12)17-9-11-3-1-10(6-15)2-4-11/h1-5,7-8H,9H2. The average Bonchev–Trinajstić information content (AvgIpc) is 2.37. The maximum atomic E-state index is 8.66. The van der Waals surface area contributed by atoms with Gasteiger partial charge in [0.1, 0.15) is 12.4 Å². The van der Waals surface area contributed by atoms with Gasteiger partial charge in [0.2, 0.25) is 0 Å². The smallest absolute Gasteiger partial charge is 0.139 e. The Hall–Kier alpha value is -2.05. The number of halogens is 1. The van der Waals surface area contributed by atoms with Crippen molar-refractivity contribution in [2.24, 2.45) is 0 Å². The van der Waals surface area contributed by atoms with Crippen molar-refractivity contribution in [3.63, 3.8) is 0 Å². The number of benzene rings is 1. The molecule has 0 saturated heterocycles. The molecule has 0 spiro atoms. The zero-order valence-electron chi connectivity index (χ0n) is 8.93. The number of pyridine rings is 1. The van der Waals surface area contributed by atoms with Crippen molar-refractivity contribution in [1.82, 2.24) is 4.98 Å². The molecule has 0 aliphatic heterocycles. The molecule has 0 saturated carbocycles. The van der Waals surface area contributed by atoms with Gasteiger partial charge in [-0.2, -0.15) is 5.26 Å². The van der Waals surface area contributed by atoms with Crippen molar-refractivity contribution in [2.45, 2.75) is 6.61 Å². The summed E-state index contributed by atoms with van der Waals surface area (Å²) in [6, 6.07) is 11.0. The van der Waals surface area contributed by atoms with Crippen LogP contribution in [0, 0.1) is 11.3 Å². The monoisotopic (exact) mass is 244 g/mol. The summed E-state index contributed by atoms with van der Waals surface area (Å²) in [4.78, 5) is 3.92. The highest BCUT2D eigenvalue weighted by Gasteiger charge is 1.98. The van der Waals surface area contributed by atoms with Gasteiger partial charge in [-0.1, -0.05) is 23.7 Å². The fourth-order valence-corrected chi connectivity index (χ4v) is 1.48. The highest BCUT2D eigenvalue weighted by atomic mass is 35.5. The van der Waals surface area contributed by atoms with E-state index in [4.69, 9.17) is 21.6 Å². The molecule has 2 aromatic rings. The third kappa shape index (κ3) is 3.20. The van der Waals surface area contributed by atoms with Crippen molar-refractivity contribution < 1.29 is 4.74 Å². The fourth-order valence-electron chi connectivity index (χ4n) is 1.31. The van der Waals surface area contributed by atoms with E-state index in [1.807, 2.05) is 12.1 Å². The molecule has 0 unspecified atom stereocenters. The van der Waals surface area contributed by atoms with Crippen molar-refractivity contribution >= 4 is 11.6 Å². The van der Waals surface area contributed by atoms with E-state index in [0.717, 1.165) is 5.56 Å². The minimum Gasteiger partial charge on any atom is -0.487 e. The van der Waals surface area contributed by atoms with Crippen LogP contribution in [0.5, 0.6) is 5.75 Å². The zero-order valence-corrected chi connectivity index (χ0v) is 9.69. The van der Waals surface area contributed by atoms with Crippen LogP contribution in [0.1, 0.15) is 11.1 Å². The second-order valence-electron chi connectivity index (χ2n) is 3.44. The lowest BCUT2D eigenvalue weighted by Crippen LogP contribution is -1.95. The van der Waals surface area contributed by atoms with E-state index in [1.165, 1.54) is 0 Å². The average molecular weight is 245 g/mol. The van der Waals surface area contributed by atoms with Gasteiger partial charge in [-0.05, 0) is 17.7 Å². The third-order valence-electron chi connectivity index (χ3n) is 2.17. The predicted molar refractivity (Wildman–Crippen MR) is 64.7 cm³/mol. The lowest BCUT2D eigenvalue weighted by Gasteiger charge is -2.05. The van der Waals surface area contributed by atoms with Crippen LogP contribution < -0.4 is 4.74 Å². The summed E-state index contributed by atoms with van der Waals surface area (Å²) in [7, 11) is 0. The minimum atomic E-state index is 0.424. The molecule has 84 valence electrons.